The molecular weight excluding hydrogens is 342 g/mol. The Bertz CT molecular complexity index is 1080. The Hall–Kier alpha value is -2.89. The number of rotatable bonds is 5. The summed E-state index contributed by atoms with van der Waals surface area (Å²) in [5, 5.41) is 7.60. The normalized spacial score (nSPS) is 21.4. The Morgan fingerprint density at radius 1 is 1.22 bits per heavy atom. The molecule has 2 saturated carbocycles. The molecule has 1 aromatic carbocycles. The summed E-state index contributed by atoms with van der Waals surface area (Å²) in [4.78, 5) is 27.1. The zero-order valence-corrected chi connectivity index (χ0v) is 15.1. The fourth-order valence-electron chi connectivity index (χ4n) is 3.73. The molecule has 2 fully saturated rings. The number of hydrogen-bond acceptors (Lipinski definition) is 4. The molecule has 138 valence electrons. The van der Waals surface area contributed by atoms with Crippen LogP contribution < -0.4 is 5.56 Å². The average Bonchev–Trinajstić information content (AvgIpc) is 3.60. The van der Waals surface area contributed by atoms with Crippen LogP contribution in [-0.4, -0.2) is 27.0 Å². The van der Waals surface area contributed by atoms with E-state index in [0.717, 1.165) is 24.4 Å². The number of amides is 1. The van der Waals surface area contributed by atoms with E-state index in [4.69, 9.17) is 4.42 Å². The number of hydrogen-bond donors (Lipinski definition) is 1. The molecule has 2 aliphatic carbocycles. The molecule has 2 heterocycles. The highest BCUT2D eigenvalue weighted by Crippen LogP contribution is 2.47. The minimum absolute atomic E-state index is 0.164. The van der Waals surface area contributed by atoms with Gasteiger partial charge in [-0.3, -0.25) is 9.59 Å². The average molecular weight is 363 g/mol. The van der Waals surface area contributed by atoms with Crippen LogP contribution in [0.25, 0.3) is 10.8 Å². The maximum absolute atomic E-state index is 13.3. The molecular formula is C21H21N3O3. The van der Waals surface area contributed by atoms with Gasteiger partial charge in [-0.1, -0.05) is 25.1 Å². The molecule has 0 bridgehead atoms. The van der Waals surface area contributed by atoms with E-state index in [0.29, 0.717) is 34.8 Å². The highest BCUT2D eigenvalue weighted by molar-refractivity contribution is 6.04. The number of nitrogens with zero attached hydrogens (tertiary/aromatic N) is 2. The highest BCUT2D eigenvalue weighted by atomic mass is 16.3. The molecule has 6 heteroatoms. The zero-order chi connectivity index (χ0) is 18.5. The minimum atomic E-state index is -0.283. The SMILES string of the molecule is CC1CC1c1ccc(CN(C(=O)c2n[nH]c(=O)c3ccccc23)C2CC2)o1. The van der Waals surface area contributed by atoms with Crippen LogP contribution in [0.3, 0.4) is 0 Å². The predicted molar refractivity (Wildman–Crippen MR) is 100 cm³/mol. The highest BCUT2D eigenvalue weighted by Gasteiger charge is 2.38. The fraction of sp³-hybridized carbons (Fsp3) is 0.381. The van der Waals surface area contributed by atoms with Crippen LogP contribution in [0.5, 0.6) is 0 Å². The summed E-state index contributed by atoms with van der Waals surface area (Å²) in [6.07, 6.45) is 3.14. The molecule has 0 radical (unpaired) electrons. The zero-order valence-electron chi connectivity index (χ0n) is 15.1. The molecule has 3 aromatic rings. The van der Waals surface area contributed by atoms with Gasteiger partial charge >= 0.3 is 0 Å². The van der Waals surface area contributed by atoms with Crippen molar-refractivity contribution in [3.05, 3.63) is 64.0 Å². The van der Waals surface area contributed by atoms with Crippen LogP contribution in [0.4, 0.5) is 0 Å². The molecule has 2 atom stereocenters. The summed E-state index contributed by atoms with van der Waals surface area (Å²) in [5.74, 6) is 2.87. The molecule has 2 aliphatic rings. The lowest BCUT2D eigenvalue weighted by atomic mass is 10.1. The monoisotopic (exact) mass is 363 g/mol. The molecule has 6 nitrogen and oxygen atoms in total. The number of carbonyl (C=O) groups excluding carboxylic acids is 1. The summed E-state index contributed by atoms with van der Waals surface area (Å²) in [6.45, 7) is 2.65. The maximum atomic E-state index is 13.3. The first-order chi connectivity index (χ1) is 13.1. The third-order valence-electron chi connectivity index (χ3n) is 5.63. The van der Waals surface area contributed by atoms with E-state index < -0.39 is 0 Å². The number of aromatic amines is 1. The first kappa shape index (κ1) is 16.3. The number of H-pyrrole nitrogens is 1. The van der Waals surface area contributed by atoms with E-state index in [-0.39, 0.29) is 17.5 Å². The van der Waals surface area contributed by atoms with Crippen LogP contribution in [0, 0.1) is 5.92 Å². The van der Waals surface area contributed by atoms with Gasteiger partial charge < -0.3 is 9.32 Å². The van der Waals surface area contributed by atoms with E-state index in [9.17, 15) is 9.59 Å². The van der Waals surface area contributed by atoms with E-state index in [1.807, 2.05) is 23.1 Å². The van der Waals surface area contributed by atoms with Crippen LogP contribution >= 0.6 is 0 Å². The number of carbonyl (C=O) groups is 1. The van der Waals surface area contributed by atoms with Crippen LogP contribution in [0.15, 0.2) is 45.6 Å². The van der Waals surface area contributed by atoms with E-state index in [2.05, 4.69) is 17.1 Å². The number of aromatic nitrogens is 2. The first-order valence-corrected chi connectivity index (χ1v) is 9.49. The summed E-state index contributed by atoms with van der Waals surface area (Å²) in [5.41, 5.74) is 0.00838. The number of fused-ring (bicyclic) bond motifs is 1. The lowest BCUT2D eigenvalue weighted by Crippen LogP contribution is -2.34. The van der Waals surface area contributed by atoms with Gasteiger partial charge in [0.25, 0.3) is 11.5 Å². The minimum Gasteiger partial charge on any atom is -0.464 e. The molecule has 1 amide bonds. The second kappa shape index (κ2) is 6.08. The molecule has 0 aliphatic heterocycles. The van der Waals surface area contributed by atoms with Crippen molar-refractivity contribution in [1.29, 1.82) is 0 Å². The largest absolute Gasteiger partial charge is 0.464 e. The van der Waals surface area contributed by atoms with Gasteiger partial charge in [0.05, 0.1) is 11.9 Å². The Morgan fingerprint density at radius 2 is 1.96 bits per heavy atom. The molecule has 1 N–H and O–H groups in total. The van der Waals surface area contributed by atoms with Crippen molar-refractivity contribution in [2.24, 2.45) is 5.92 Å². The van der Waals surface area contributed by atoms with Crippen molar-refractivity contribution in [2.45, 2.75) is 44.7 Å². The van der Waals surface area contributed by atoms with Gasteiger partial charge in [-0.05, 0) is 43.4 Å². The third kappa shape index (κ3) is 2.95. The van der Waals surface area contributed by atoms with Crippen molar-refractivity contribution in [2.75, 3.05) is 0 Å². The van der Waals surface area contributed by atoms with Gasteiger partial charge in [0.1, 0.15) is 11.5 Å². The van der Waals surface area contributed by atoms with Crippen LogP contribution in [0.1, 0.15) is 54.1 Å². The van der Waals surface area contributed by atoms with Crippen molar-refractivity contribution >= 4 is 16.7 Å². The molecule has 5 rings (SSSR count). The molecule has 0 spiro atoms. The lowest BCUT2D eigenvalue weighted by molar-refractivity contribution is 0.0711. The summed E-state index contributed by atoms with van der Waals surface area (Å²) < 4.78 is 6.01. The molecule has 2 aromatic heterocycles. The quantitative estimate of drug-likeness (QED) is 0.753. The van der Waals surface area contributed by atoms with Crippen LogP contribution in [-0.2, 0) is 6.54 Å². The van der Waals surface area contributed by atoms with Crippen molar-refractivity contribution in [1.82, 2.24) is 15.1 Å². The predicted octanol–water partition coefficient (Wildman–Crippen LogP) is 3.44. The van der Waals surface area contributed by atoms with Gasteiger partial charge in [0.2, 0.25) is 0 Å². The Morgan fingerprint density at radius 3 is 2.67 bits per heavy atom. The molecule has 0 saturated heterocycles. The molecule has 27 heavy (non-hydrogen) atoms. The number of benzene rings is 1. The van der Waals surface area contributed by atoms with Gasteiger partial charge in [0, 0.05) is 17.3 Å². The molecule has 2 unspecified atom stereocenters. The maximum Gasteiger partial charge on any atom is 0.275 e. The van der Waals surface area contributed by atoms with E-state index in [1.165, 1.54) is 6.42 Å². The summed E-state index contributed by atoms with van der Waals surface area (Å²) in [7, 11) is 0. The van der Waals surface area contributed by atoms with E-state index in [1.54, 1.807) is 18.2 Å². The van der Waals surface area contributed by atoms with Gasteiger partial charge in [-0.15, -0.1) is 0 Å². The second-order valence-corrected chi connectivity index (χ2v) is 7.73. The second-order valence-electron chi connectivity index (χ2n) is 7.73. The van der Waals surface area contributed by atoms with Crippen LogP contribution in [0.2, 0.25) is 0 Å². The fourth-order valence-corrected chi connectivity index (χ4v) is 3.73. The smallest absolute Gasteiger partial charge is 0.275 e. The first-order valence-electron chi connectivity index (χ1n) is 9.49. The third-order valence-corrected chi connectivity index (χ3v) is 5.63. The lowest BCUT2D eigenvalue weighted by Gasteiger charge is -2.21. The van der Waals surface area contributed by atoms with E-state index >= 15 is 0 Å². The van der Waals surface area contributed by atoms with Gasteiger partial charge in [-0.25, -0.2) is 5.10 Å². The Kier molecular flexibility index (Phi) is 3.67. The number of nitrogens with one attached hydrogen (secondary N) is 1. The standard InChI is InChI=1S/C21H21N3O3/c1-12-10-17(12)18-9-8-14(27-18)11-24(13-6-7-13)21(26)19-15-4-2-3-5-16(15)20(25)23-22-19/h2-5,8-9,12-13,17H,6-7,10-11H2,1H3,(H,23,25). The van der Waals surface area contributed by atoms with Crippen molar-refractivity contribution < 1.29 is 9.21 Å². The summed E-state index contributed by atoms with van der Waals surface area (Å²) >= 11 is 0. The van der Waals surface area contributed by atoms with Gasteiger partial charge in [-0.2, -0.15) is 5.10 Å². The summed E-state index contributed by atoms with van der Waals surface area (Å²) in [6, 6.07) is 11.3. The Labute approximate surface area is 156 Å². The topological polar surface area (TPSA) is 79.2 Å². The van der Waals surface area contributed by atoms with Crippen molar-refractivity contribution in [3.63, 3.8) is 0 Å². The Balaban J connectivity index is 1.46. The van der Waals surface area contributed by atoms with Gasteiger partial charge in [0.15, 0.2) is 5.69 Å². The number of furan rings is 1. The van der Waals surface area contributed by atoms with Crippen molar-refractivity contribution in [3.8, 4) is 0 Å².